The van der Waals surface area contributed by atoms with E-state index in [-0.39, 0.29) is 5.91 Å². The minimum Gasteiger partial charge on any atom is -0.398 e. The fourth-order valence-corrected chi connectivity index (χ4v) is 2.57. The summed E-state index contributed by atoms with van der Waals surface area (Å²) in [6.45, 7) is 5.96. The number of nitrogen functional groups attached to an aromatic ring is 1. The smallest absolute Gasteiger partial charge is 0.255 e. The first kappa shape index (κ1) is 13.9. The highest BCUT2D eigenvalue weighted by Gasteiger charge is 2.18. The van der Waals surface area contributed by atoms with Gasteiger partial charge < -0.3 is 15.5 Å². The van der Waals surface area contributed by atoms with Crippen LogP contribution < -0.4 is 5.73 Å². The van der Waals surface area contributed by atoms with Crippen LogP contribution in [0.15, 0.2) is 18.2 Å². The average molecular weight is 261 g/mol. The second-order valence-electron chi connectivity index (χ2n) is 5.31. The zero-order valence-electron chi connectivity index (χ0n) is 11.9. The van der Waals surface area contributed by atoms with Gasteiger partial charge in [0.1, 0.15) is 0 Å². The molecular weight excluding hydrogens is 238 g/mol. The first-order chi connectivity index (χ1) is 9.09. The zero-order chi connectivity index (χ0) is 13.8. The third kappa shape index (κ3) is 3.26. The van der Waals surface area contributed by atoms with Gasteiger partial charge in [-0.1, -0.05) is 12.1 Å². The lowest BCUT2D eigenvalue weighted by atomic mass is 10.1. The van der Waals surface area contributed by atoms with Crippen LogP contribution in [0.2, 0.25) is 0 Å². The van der Waals surface area contributed by atoms with Crippen molar-refractivity contribution in [2.75, 3.05) is 39.0 Å². The van der Waals surface area contributed by atoms with Gasteiger partial charge in [0.05, 0.1) is 5.56 Å². The zero-order valence-corrected chi connectivity index (χ0v) is 11.9. The normalized spacial score (nSPS) is 15.7. The van der Waals surface area contributed by atoms with Gasteiger partial charge in [-0.3, -0.25) is 4.79 Å². The van der Waals surface area contributed by atoms with Gasteiger partial charge in [-0.15, -0.1) is 0 Å². The van der Waals surface area contributed by atoms with Gasteiger partial charge in [-0.25, -0.2) is 0 Å². The molecule has 1 aromatic rings. The summed E-state index contributed by atoms with van der Waals surface area (Å²) in [4.78, 5) is 16.6. The van der Waals surface area contributed by atoms with Crippen molar-refractivity contribution in [3.63, 3.8) is 0 Å². The Hall–Kier alpha value is -1.55. The number of likely N-dealkylation sites (N-methyl/N-ethyl adjacent to an activating group) is 1. The maximum Gasteiger partial charge on any atom is 0.255 e. The summed E-state index contributed by atoms with van der Waals surface area (Å²) in [7, 11) is 1.85. The maximum absolute atomic E-state index is 12.4. The van der Waals surface area contributed by atoms with E-state index < -0.39 is 0 Å². The summed E-state index contributed by atoms with van der Waals surface area (Å²) in [5, 5.41) is 0. The van der Waals surface area contributed by atoms with E-state index in [2.05, 4.69) is 4.90 Å². The summed E-state index contributed by atoms with van der Waals surface area (Å²) in [6.07, 6.45) is 2.56. The molecule has 0 atom stereocenters. The minimum atomic E-state index is 0.0230. The number of benzene rings is 1. The molecule has 1 aromatic carbocycles. The highest BCUT2D eigenvalue weighted by Crippen LogP contribution is 2.18. The number of nitrogens with zero attached hydrogens (tertiary/aromatic N) is 2. The quantitative estimate of drug-likeness (QED) is 0.840. The van der Waals surface area contributed by atoms with Crippen molar-refractivity contribution in [2.45, 2.75) is 19.8 Å². The number of aryl methyl sites for hydroxylation is 1. The molecule has 4 nitrogen and oxygen atoms in total. The fourth-order valence-electron chi connectivity index (χ4n) is 2.57. The molecule has 104 valence electrons. The van der Waals surface area contributed by atoms with Crippen molar-refractivity contribution >= 4 is 11.6 Å². The molecule has 1 heterocycles. The van der Waals surface area contributed by atoms with Crippen LogP contribution in [0, 0.1) is 6.92 Å². The molecule has 19 heavy (non-hydrogen) atoms. The van der Waals surface area contributed by atoms with Crippen LogP contribution in [0.4, 0.5) is 5.69 Å². The van der Waals surface area contributed by atoms with Gasteiger partial charge in [0, 0.05) is 25.8 Å². The lowest BCUT2D eigenvalue weighted by molar-refractivity contribution is 0.0782. The molecule has 0 aliphatic carbocycles. The maximum atomic E-state index is 12.4. The van der Waals surface area contributed by atoms with E-state index >= 15 is 0 Å². The SMILES string of the molecule is Cc1cccc(N)c1C(=O)N(C)CCN1CCCC1. The van der Waals surface area contributed by atoms with Gasteiger partial charge in [-0.05, 0) is 44.5 Å². The average Bonchev–Trinajstić information content (AvgIpc) is 2.88. The van der Waals surface area contributed by atoms with E-state index in [1.807, 2.05) is 26.1 Å². The highest BCUT2D eigenvalue weighted by molar-refractivity contribution is 6.00. The van der Waals surface area contributed by atoms with Crippen LogP contribution in [-0.4, -0.2) is 48.9 Å². The third-order valence-corrected chi connectivity index (χ3v) is 3.82. The number of anilines is 1. The van der Waals surface area contributed by atoms with Crippen LogP contribution in [0.1, 0.15) is 28.8 Å². The Kier molecular flexibility index (Phi) is 4.43. The summed E-state index contributed by atoms with van der Waals surface area (Å²) in [6, 6.07) is 5.60. The summed E-state index contributed by atoms with van der Waals surface area (Å²) < 4.78 is 0. The van der Waals surface area contributed by atoms with Crippen molar-refractivity contribution in [3.05, 3.63) is 29.3 Å². The number of hydrogen-bond acceptors (Lipinski definition) is 3. The number of rotatable bonds is 4. The number of nitrogens with two attached hydrogens (primary N) is 1. The van der Waals surface area contributed by atoms with Crippen molar-refractivity contribution in [1.29, 1.82) is 0 Å². The number of amides is 1. The third-order valence-electron chi connectivity index (χ3n) is 3.82. The molecule has 0 saturated carbocycles. The Morgan fingerprint density at radius 2 is 2.05 bits per heavy atom. The van der Waals surface area contributed by atoms with Crippen molar-refractivity contribution in [3.8, 4) is 0 Å². The van der Waals surface area contributed by atoms with Gasteiger partial charge in [0.25, 0.3) is 5.91 Å². The Morgan fingerprint density at radius 1 is 1.37 bits per heavy atom. The fraction of sp³-hybridized carbons (Fsp3) is 0.533. The van der Waals surface area contributed by atoms with Crippen LogP contribution in [-0.2, 0) is 0 Å². The second-order valence-corrected chi connectivity index (χ2v) is 5.31. The molecule has 1 amide bonds. The molecule has 1 aliphatic heterocycles. The number of hydrogen-bond donors (Lipinski definition) is 1. The largest absolute Gasteiger partial charge is 0.398 e. The van der Waals surface area contributed by atoms with Crippen molar-refractivity contribution < 1.29 is 4.79 Å². The minimum absolute atomic E-state index is 0.0230. The van der Waals surface area contributed by atoms with Gasteiger partial charge in [-0.2, -0.15) is 0 Å². The van der Waals surface area contributed by atoms with E-state index in [0.29, 0.717) is 11.3 Å². The Morgan fingerprint density at radius 3 is 2.68 bits per heavy atom. The Labute approximate surface area is 115 Å². The van der Waals surface area contributed by atoms with Gasteiger partial charge >= 0.3 is 0 Å². The molecule has 1 saturated heterocycles. The van der Waals surface area contributed by atoms with Gasteiger partial charge in [0.15, 0.2) is 0 Å². The molecule has 0 unspecified atom stereocenters. The Bertz CT molecular complexity index is 432. The predicted octanol–water partition coefficient (Wildman–Crippen LogP) is 1.75. The van der Waals surface area contributed by atoms with Crippen molar-refractivity contribution in [1.82, 2.24) is 9.80 Å². The molecule has 1 fully saturated rings. The van der Waals surface area contributed by atoms with Crippen LogP contribution in [0.3, 0.4) is 0 Å². The first-order valence-corrected chi connectivity index (χ1v) is 6.92. The second kappa shape index (κ2) is 6.06. The molecule has 2 N–H and O–H groups in total. The van der Waals surface area contributed by atoms with E-state index in [0.717, 1.165) is 31.7 Å². The molecule has 2 rings (SSSR count). The van der Waals surface area contributed by atoms with E-state index in [9.17, 15) is 4.79 Å². The van der Waals surface area contributed by atoms with Crippen LogP contribution in [0.25, 0.3) is 0 Å². The number of carbonyl (C=O) groups is 1. The first-order valence-electron chi connectivity index (χ1n) is 6.92. The summed E-state index contributed by atoms with van der Waals surface area (Å²) >= 11 is 0. The molecule has 0 bridgehead atoms. The topological polar surface area (TPSA) is 49.6 Å². The lowest BCUT2D eigenvalue weighted by Gasteiger charge is -2.22. The molecule has 1 aliphatic rings. The lowest BCUT2D eigenvalue weighted by Crippen LogP contribution is -2.35. The van der Waals surface area contributed by atoms with Crippen molar-refractivity contribution in [2.24, 2.45) is 0 Å². The van der Waals surface area contributed by atoms with E-state index in [1.54, 1.807) is 11.0 Å². The number of carbonyl (C=O) groups excluding carboxylic acids is 1. The molecular formula is C15H23N3O. The van der Waals surface area contributed by atoms with E-state index in [4.69, 9.17) is 5.73 Å². The molecule has 4 heteroatoms. The van der Waals surface area contributed by atoms with Gasteiger partial charge in [0.2, 0.25) is 0 Å². The summed E-state index contributed by atoms with van der Waals surface area (Å²) in [5.74, 6) is 0.0230. The Balaban J connectivity index is 1.98. The standard InChI is InChI=1S/C15H23N3O/c1-12-6-5-7-13(16)14(12)15(19)17(2)10-11-18-8-3-4-9-18/h5-7H,3-4,8-11,16H2,1-2H3. The van der Waals surface area contributed by atoms with Crippen LogP contribution >= 0.6 is 0 Å². The molecule has 0 aromatic heterocycles. The summed E-state index contributed by atoms with van der Waals surface area (Å²) in [5.41, 5.74) is 8.08. The van der Waals surface area contributed by atoms with E-state index in [1.165, 1.54) is 12.8 Å². The molecule has 0 radical (unpaired) electrons. The monoisotopic (exact) mass is 261 g/mol. The highest BCUT2D eigenvalue weighted by atomic mass is 16.2. The predicted molar refractivity (Wildman–Crippen MR) is 78.2 cm³/mol. The van der Waals surface area contributed by atoms with Crippen LogP contribution in [0.5, 0.6) is 0 Å². The molecule has 0 spiro atoms. The number of likely N-dealkylation sites (tertiary alicyclic amines) is 1.